The Bertz CT molecular complexity index is 905. The molecule has 2 aromatic rings. The fourth-order valence-corrected chi connectivity index (χ4v) is 4.61. The number of fused-ring (bicyclic) bond motifs is 1. The lowest BCUT2D eigenvalue weighted by Gasteiger charge is -2.22. The number of nitrogens with zero attached hydrogens (tertiary/aromatic N) is 2. The molecule has 0 amide bonds. The second-order valence-electron chi connectivity index (χ2n) is 6.35. The molecule has 1 aliphatic heterocycles. The van der Waals surface area contributed by atoms with Gasteiger partial charge in [-0.3, -0.25) is 4.57 Å². The quantitative estimate of drug-likeness (QED) is 0.870. The second kappa shape index (κ2) is 6.51. The summed E-state index contributed by atoms with van der Waals surface area (Å²) in [4.78, 5) is 11.9. The molecule has 0 aliphatic carbocycles. The summed E-state index contributed by atoms with van der Waals surface area (Å²) in [7, 11) is -3.62. The van der Waals surface area contributed by atoms with Crippen molar-refractivity contribution < 1.29 is 12.8 Å². The first kappa shape index (κ1) is 19.0. The highest BCUT2D eigenvalue weighted by molar-refractivity contribution is 7.89. The monoisotopic (exact) mass is 375 g/mol. The Morgan fingerprint density at radius 3 is 2.67 bits per heavy atom. The number of halogens is 1. The summed E-state index contributed by atoms with van der Waals surface area (Å²) in [5.41, 5.74) is 6.45. The van der Waals surface area contributed by atoms with Gasteiger partial charge in [0.2, 0.25) is 10.0 Å². The van der Waals surface area contributed by atoms with Crippen LogP contribution in [0, 0.1) is 5.41 Å². The molecular formula is C15H22ClN3O4S. The molecule has 3 rings (SSSR count). The van der Waals surface area contributed by atoms with Gasteiger partial charge in [0.25, 0.3) is 0 Å². The molecule has 1 aliphatic rings. The molecule has 134 valence electrons. The minimum Gasteiger partial charge on any atom is -0.408 e. The van der Waals surface area contributed by atoms with Crippen molar-refractivity contribution in [3.63, 3.8) is 0 Å². The average Bonchev–Trinajstić information content (AvgIpc) is 3.07. The van der Waals surface area contributed by atoms with Crippen molar-refractivity contribution >= 4 is 33.5 Å². The number of nitrogens with two attached hydrogens (primary N) is 1. The van der Waals surface area contributed by atoms with Crippen molar-refractivity contribution in [3.8, 4) is 0 Å². The Hall–Kier alpha value is -1.35. The number of hydrogen-bond acceptors (Lipinski definition) is 5. The minimum absolute atomic E-state index is 0. The van der Waals surface area contributed by atoms with Crippen molar-refractivity contribution in [1.82, 2.24) is 8.87 Å². The first-order valence-electron chi connectivity index (χ1n) is 7.64. The second-order valence-corrected chi connectivity index (χ2v) is 8.28. The smallest absolute Gasteiger partial charge is 0.408 e. The van der Waals surface area contributed by atoms with Gasteiger partial charge in [-0.2, -0.15) is 4.31 Å². The predicted molar refractivity (Wildman–Crippen MR) is 93.9 cm³/mol. The van der Waals surface area contributed by atoms with E-state index in [-0.39, 0.29) is 22.7 Å². The van der Waals surface area contributed by atoms with Crippen LogP contribution in [0.25, 0.3) is 11.1 Å². The minimum atomic E-state index is -3.62. The van der Waals surface area contributed by atoms with Crippen LogP contribution in [0.2, 0.25) is 0 Å². The number of benzene rings is 1. The molecule has 2 N–H and O–H groups in total. The van der Waals surface area contributed by atoms with Gasteiger partial charge in [-0.05, 0) is 37.4 Å². The predicted octanol–water partition coefficient (Wildman–Crippen LogP) is 1.40. The zero-order valence-corrected chi connectivity index (χ0v) is 15.3. The van der Waals surface area contributed by atoms with Gasteiger partial charge in [0.1, 0.15) is 0 Å². The van der Waals surface area contributed by atoms with Gasteiger partial charge in [0.05, 0.1) is 10.4 Å². The van der Waals surface area contributed by atoms with Crippen molar-refractivity contribution in [2.45, 2.75) is 31.7 Å². The molecule has 9 heteroatoms. The van der Waals surface area contributed by atoms with Gasteiger partial charge in [0, 0.05) is 25.7 Å². The van der Waals surface area contributed by atoms with Crippen LogP contribution in [0.15, 0.2) is 32.3 Å². The van der Waals surface area contributed by atoms with Crippen molar-refractivity contribution in [2.24, 2.45) is 11.1 Å². The molecule has 0 saturated carbocycles. The molecule has 1 aromatic carbocycles. The van der Waals surface area contributed by atoms with E-state index in [0.717, 1.165) is 6.42 Å². The Kier molecular flexibility index (Phi) is 5.15. The summed E-state index contributed by atoms with van der Waals surface area (Å²) in [6.07, 6.45) is 0.742. The summed E-state index contributed by atoms with van der Waals surface area (Å²) >= 11 is 0. The largest absolute Gasteiger partial charge is 0.419 e. The van der Waals surface area contributed by atoms with Crippen LogP contribution in [-0.4, -0.2) is 36.9 Å². The Morgan fingerprint density at radius 2 is 2.08 bits per heavy atom. The molecule has 24 heavy (non-hydrogen) atoms. The molecule has 0 spiro atoms. The summed E-state index contributed by atoms with van der Waals surface area (Å²) in [6.45, 7) is 5.61. The van der Waals surface area contributed by atoms with Gasteiger partial charge >= 0.3 is 5.76 Å². The Morgan fingerprint density at radius 1 is 1.38 bits per heavy atom. The Balaban J connectivity index is 0.00000208. The Labute approximate surface area is 146 Å². The molecule has 2 heterocycles. The molecule has 1 atom stereocenters. The molecule has 1 saturated heterocycles. The van der Waals surface area contributed by atoms with E-state index < -0.39 is 15.8 Å². The van der Waals surface area contributed by atoms with Crippen LogP contribution >= 0.6 is 12.4 Å². The SMILES string of the molecule is CCn1c(=O)oc2cc(S(=O)(=O)N3CCC(C)(CN)C3)ccc21.Cl. The van der Waals surface area contributed by atoms with E-state index in [1.54, 1.807) is 6.07 Å². The van der Waals surface area contributed by atoms with Crippen LogP contribution in [-0.2, 0) is 16.6 Å². The van der Waals surface area contributed by atoms with E-state index >= 15 is 0 Å². The zero-order chi connectivity index (χ0) is 16.8. The van der Waals surface area contributed by atoms with Crippen LogP contribution in [0.4, 0.5) is 0 Å². The number of rotatable bonds is 4. The summed E-state index contributed by atoms with van der Waals surface area (Å²) in [6, 6.07) is 4.57. The van der Waals surface area contributed by atoms with Crippen LogP contribution < -0.4 is 11.5 Å². The number of aromatic nitrogens is 1. The maximum absolute atomic E-state index is 12.8. The third-order valence-corrected chi connectivity index (χ3v) is 6.45. The molecule has 7 nitrogen and oxygen atoms in total. The van der Waals surface area contributed by atoms with E-state index in [4.69, 9.17) is 10.2 Å². The van der Waals surface area contributed by atoms with Gasteiger partial charge in [-0.15, -0.1) is 12.4 Å². The van der Waals surface area contributed by atoms with Gasteiger partial charge < -0.3 is 10.2 Å². The van der Waals surface area contributed by atoms with Crippen LogP contribution in [0.1, 0.15) is 20.3 Å². The van der Waals surface area contributed by atoms with Crippen LogP contribution in [0.5, 0.6) is 0 Å². The molecule has 0 radical (unpaired) electrons. The first-order valence-corrected chi connectivity index (χ1v) is 9.08. The fraction of sp³-hybridized carbons (Fsp3) is 0.533. The number of sulfonamides is 1. The first-order chi connectivity index (χ1) is 10.8. The molecule has 0 bridgehead atoms. The summed E-state index contributed by atoms with van der Waals surface area (Å²) in [5.74, 6) is -0.478. The third kappa shape index (κ3) is 2.99. The summed E-state index contributed by atoms with van der Waals surface area (Å²) < 4.78 is 33.7. The van der Waals surface area contributed by atoms with Gasteiger partial charge in [-0.1, -0.05) is 6.92 Å². The third-order valence-electron chi connectivity index (χ3n) is 4.61. The maximum Gasteiger partial charge on any atom is 0.419 e. The highest BCUT2D eigenvalue weighted by Gasteiger charge is 2.39. The fourth-order valence-electron chi connectivity index (χ4n) is 3.01. The highest BCUT2D eigenvalue weighted by atomic mass is 35.5. The lowest BCUT2D eigenvalue weighted by molar-refractivity contribution is 0.349. The normalized spacial score (nSPS) is 22.0. The van der Waals surface area contributed by atoms with Crippen LogP contribution in [0.3, 0.4) is 0 Å². The molecule has 1 unspecified atom stereocenters. The topological polar surface area (TPSA) is 98.5 Å². The lowest BCUT2D eigenvalue weighted by atomic mass is 9.90. The van der Waals surface area contributed by atoms with Gasteiger partial charge in [0.15, 0.2) is 5.58 Å². The summed E-state index contributed by atoms with van der Waals surface area (Å²) in [5, 5.41) is 0. The van der Waals surface area contributed by atoms with Crippen molar-refractivity contribution in [3.05, 3.63) is 28.7 Å². The van der Waals surface area contributed by atoms with E-state index in [2.05, 4.69) is 0 Å². The maximum atomic E-state index is 12.8. The zero-order valence-electron chi connectivity index (χ0n) is 13.7. The highest BCUT2D eigenvalue weighted by Crippen LogP contribution is 2.33. The van der Waals surface area contributed by atoms with E-state index in [1.165, 1.54) is 21.0 Å². The molecule has 1 fully saturated rings. The van der Waals surface area contributed by atoms with Gasteiger partial charge in [-0.25, -0.2) is 13.2 Å². The average molecular weight is 376 g/mol. The van der Waals surface area contributed by atoms with E-state index in [1.807, 2.05) is 13.8 Å². The van der Waals surface area contributed by atoms with Crippen molar-refractivity contribution in [2.75, 3.05) is 19.6 Å². The van der Waals surface area contributed by atoms with E-state index in [9.17, 15) is 13.2 Å². The van der Waals surface area contributed by atoms with E-state index in [0.29, 0.717) is 37.3 Å². The molecule has 1 aromatic heterocycles. The van der Waals surface area contributed by atoms with Crippen molar-refractivity contribution in [1.29, 1.82) is 0 Å². The lowest BCUT2D eigenvalue weighted by Crippen LogP contribution is -2.34. The number of aryl methyl sites for hydroxylation is 1. The number of hydrogen-bond donors (Lipinski definition) is 1. The standard InChI is InChI=1S/C15H21N3O4S.ClH/c1-3-18-12-5-4-11(8-13(12)22-14(18)19)23(20,21)17-7-6-15(2,9-16)10-17;/h4-5,8H,3,6-7,9-10,16H2,1-2H3;1H. The molecular weight excluding hydrogens is 354 g/mol. The number of oxazole rings is 1.